The first-order valence-electron chi connectivity index (χ1n) is 6.69. The van der Waals surface area contributed by atoms with Crippen LogP contribution in [0.1, 0.15) is 30.5 Å². The Labute approximate surface area is 137 Å². The van der Waals surface area contributed by atoms with Gasteiger partial charge >= 0.3 is 5.97 Å². The molecule has 1 aromatic heterocycles. The first kappa shape index (κ1) is 16.8. The van der Waals surface area contributed by atoms with E-state index in [2.05, 4.69) is 0 Å². The molecule has 0 saturated carbocycles. The van der Waals surface area contributed by atoms with Crippen molar-refractivity contribution in [3.63, 3.8) is 0 Å². The zero-order valence-electron chi connectivity index (χ0n) is 12.8. The Morgan fingerprint density at radius 2 is 2.00 bits per heavy atom. The van der Waals surface area contributed by atoms with Gasteiger partial charge in [-0.1, -0.05) is 0 Å². The van der Waals surface area contributed by atoms with Gasteiger partial charge in [0.2, 0.25) is 0 Å². The summed E-state index contributed by atoms with van der Waals surface area (Å²) in [5, 5.41) is -0.449. The standard InChI is InChI=1S/C15H17NO4S2/c1-9-5-6-10(21-9)7-11-13(18)16(14(19)22-11)8-12(17)20-15(2,3)4/h5-7H,8H2,1-4H3/b11-7-. The van der Waals surface area contributed by atoms with Gasteiger partial charge in [-0.15, -0.1) is 11.3 Å². The number of rotatable bonds is 3. The third kappa shape index (κ3) is 4.20. The summed E-state index contributed by atoms with van der Waals surface area (Å²) in [5.41, 5.74) is -0.650. The summed E-state index contributed by atoms with van der Waals surface area (Å²) >= 11 is 2.38. The van der Waals surface area contributed by atoms with E-state index >= 15 is 0 Å². The molecule has 1 saturated heterocycles. The molecule has 22 heavy (non-hydrogen) atoms. The van der Waals surface area contributed by atoms with Crippen LogP contribution in [0.3, 0.4) is 0 Å². The van der Waals surface area contributed by atoms with E-state index in [1.165, 1.54) is 11.3 Å². The topological polar surface area (TPSA) is 63.7 Å². The van der Waals surface area contributed by atoms with Gasteiger partial charge in [-0.3, -0.25) is 19.3 Å². The van der Waals surface area contributed by atoms with E-state index < -0.39 is 22.7 Å². The fourth-order valence-corrected chi connectivity index (χ4v) is 3.52. The second kappa shape index (κ2) is 6.26. The fourth-order valence-electron chi connectivity index (χ4n) is 1.80. The number of esters is 1. The summed E-state index contributed by atoms with van der Waals surface area (Å²) < 4.78 is 5.14. The number of carbonyl (C=O) groups excluding carboxylic acids is 3. The lowest BCUT2D eigenvalue weighted by Crippen LogP contribution is -2.37. The Balaban J connectivity index is 2.09. The van der Waals surface area contributed by atoms with E-state index in [9.17, 15) is 14.4 Å². The van der Waals surface area contributed by atoms with Crippen LogP contribution in [0.4, 0.5) is 4.79 Å². The molecule has 7 heteroatoms. The molecule has 0 spiro atoms. The average molecular weight is 339 g/mol. The van der Waals surface area contributed by atoms with Gasteiger partial charge in [-0.05, 0) is 57.7 Å². The van der Waals surface area contributed by atoms with E-state index in [1.807, 2.05) is 19.1 Å². The first-order valence-corrected chi connectivity index (χ1v) is 8.33. The Kier molecular flexibility index (Phi) is 4.77. The fraction of sp³-hybridized carbons (Fsp3) is 0.400. The summed E-state index contributed by atoms with van der Waals surface area (Å²) in [5.74, 6) is -1.05. The normalized spacial score (nSPS) is 17.5. The van der Waals surface area contributed by atoms with Crippen molar-refractivity contribution in [3.8, 4) is 0 Å². The molecule has 0 atom stereocenters. The number of thiophene rings is 1. The maximum Gasteiger partial charge on any atom is 0.326 e. The molecule has 1 aromatic rings. The van der Waals surface area contributed by atoms with Gasteiger partial charge in [-0.2, -0.15) is 0 Å². The van der Waals surface area contributed by atoms with Crippen LogP contribution in [0.25, 0.3) is 6.08 Å². The second-order valence-corrected chi connectivity index (χ2v) is 8.12. The molecule has 1 fully saturated rings. The number of thioether (sulfide) groups is 1. The molecule has 1 aliphatic rings. The third-order valence-electron chi connectivity index (χ3n) is 2.62. The number of imide groups is 1. The monoisotopic (exact) mass is 339 g/mol. The predicted molar refractivity (Wildman–Crippen MR) is 87.6 cm³/mol. The van der Waals surface area contributed by atoms with Gasteiger partial charge in [0.05, 0.1) is 4.91 Å². The summed E-state index contributed by atoms with van der Waals surface area (Å²) in [6.45, 7) is 6.81. The van der Waals surface area contributed by atoms with Crippen LogP contribution < -0.4 is 0 Å². The minimum Gasteiger partial charge on any atom is -0.459 e. The molecule has 2 rings (SSSR count). The van der Waals surface area contributed by atoms with Crippen molar-refractivity contribution in [3.05, 3.63) is 26.8 Å². The van der Waals surface area contributed by atoms with Crippen LogP contribution >= 0.6 is 23.1 Å². The van der Waals surface area contributed by atoms with Gasteiger partial charge in [0.15, 0.2) is 0 Å². The van der Waals surface area contributed by atoms with Gasteiger partial charge in [0, 0.05) is 9.75 Å². The minimum atomic E-state index is -0.650. The molecule has 5 nitrogen and oxygen atoms in total. The van der Waals surface area contributed by atoms with Crippen molar-refractivity contribution in [1.29, 1.82) is 0 Å². The third-order valence-corrected chi connectivity index (χ3v) is 4.47. The number of amides is 2. The lowest BCUT2D eigenvalue weighted by Gasteiger charge is -2.21. The van der Waals surface area contributed by atoms with Crippen LogP contribution in [-0.2, 0) is 14.3 Å². The molecule has 0 N–H and O–H groups in total. The molecule has 118 valence electrons. The van der Waals surface area contributed by atoms with Gasteiger partial charge in [0.25, 0.3) is 11.1 Å². The van der Waals surface area contributed by atoms with Crippen LogP contribution in [0.5, 0.6) is 0 Å². The van der Waals surface area contributed by atoms with E-state index in [0.29, 0.717) is 4.91 Å². The SMILES string of the molecule is Cc1ccc(/C=C2\SC(=O)N(CC(=O)OC(C)(C)C)C2=O)s1. The number of carbonyl (C=O) groups is 3. The highest BCUT2D eigenvalue weighted by atomic mass is 32.2. The number of nitrogens with zero attached hydrogens (tertiary/aromatic N) is 1. The van der Waals surface area contributed by atoms with Gasteiger partial charge in [0.1, 0.15) is 12.1 Å². The molecule has 0 aliphatic carbocycles. The second-order valence-electron chi connectivity index (χ2n) is 5.80. The van der Waals surface area contributed by atoms with Crippen molar-refractivity contribution in [1.82, 2.24) is 4.90 Å². The largest absolute Gasteiger partial charge is 0.459 e. The van der Waals surface area contributed by atoms with E-state index in [4.69, 9.17) is 4.74 Å². The number of hydrogen-bond donors (Lipinski definition) is 0. The lowest BCUT2D eigenvalue weighted by atomic mass is 10.2. The lowest BCUT2D eigenvalue weighted by molar-refractivity contribution is -0.156. The van der Waals surface area contributed by atoms with Crippen molar-refractivity contribution in [2.24, 2.45) is 0 Å². The molecule has 0 bridgehead atoms. The predicted octanol–water partition coefficient (Wildman–Crippen LogP) is 3.43. The van der Waals surface area contributed by atoms with Crippen LogP contribution in [-0.4, -0.2) is 34.2 Å². The number of ether oxygens (including phenoxy) is 1. The molecule has 0 radical (unpaired) electrons. The van der Waals surface area contributed by atoms with E-state index in [-0.39, 0.29) is 6.54 Å². The molecular formula is C15H17NO4S2. The summed E-state index contributed by atoms with van der Waals surface area (Å²) in [7, 11) is 0. The molecule has 2 amide bonds. The van der Waals surface area contributed by atoms with Crippen LogP contribution in [0.15, 0.2) is 17.0 Å². The van der Waals surface area contributed by atoms with Crippen LogP contribution in [0, 0.1) is 6.92 Å². The average Bonchev–Trinajstić information content (AvgIpc) is 2.87. The van der Waals surface area contributed by atoms with Crippen molar-refractivity contribution in [2.45, 2.75) is 33.3 Å². The highest BCUT2D eigenvalue weighted by Gasteiger charge is 2.37. The molecule has 1 aliphatic heterocycles. The maximum atomic E-state index is 12.2. The number of aryl methyl sites for hydroxylation is 1. The highest BCUT2D eigenvalue weighted by molar-refractivity contribution is 8.18. The zero-order valence-corrected chi connectivity index (χ0v) is 14.5. The summed E-state index contributed by atoms with van der Waals surface area (Å²) in [6, 6.07) is 3.84. The van der Waals surface area contributed by atoms with Crippen molar-refractivity contribution in [2.75, 3.05) is 6.54 Å². The summed E-state index contributed by atoms with van der Waals surface area (Å²) in [6.07, 6.45) is 1.68. The van der Waals surface area contributed by atoms with E-state index in [1.54, 1.807) is 26.8 Å². The van der Waals surface area contributed by atoms with Gasteiger partial charge in [-0.25, -0.2) is 0 Å². The zero-order chi connectivity index (χ0) is 16.5. The molecule has 0 unspecified atom stereocenters. The van der Waals surface area contributed by atoms with Crippen molar-refractivity contribution >= 4 is 46.3 Å². The minimum absolute atomic E-state index is 0.329. The maximum absolute atomic E-state index is 12.2. The Bertz CT molecular complexity index is 655. The Morgan fingerprint density at radius 1 is 1.32 bits per heavy atom. The number of hydrogen-bond acceptors (Lipinski definition) is 6. The van der Waals surface area contributed by atoms with Crippen LogP contribution in [0.2, 0.25) is 0 Å². The summed E-state index contributed by atoms with van der Waals surface area (Å²) in [4.78, 5) is 39.2. The highest BCUT2D eigenvalue weighted by Crippen LogP contribution is 2.33. The molecular weight excluding hydrogens is 322 g/mol. The van der Waals surface area contributed by atoms with Crippen molar-refractivity contribution < 1.29 is 19.1 Å². The quantitative estimate of drug-likeness (QED) is 0.623. The Morgan fingerprint density at radius 3 is 2.55 bits per heavy atom. The molecule has 0 aromatic carbocycles. The van der Waals surface area contributed by atoms with E-state index in [0.717, 1.165) is 26.4 Å². The smallest absolute Gasteiger partial charge is 0.326 e. The Hall–Kier alpha value is -1.60. The molecule has 2 heterocycles. The first-order chi connectivity index (χ1) is 10.2. The van der Waals surface area contributed by atoms with Gasteiger partial charge < -0.3 is 4.74 Å².